The number of hydrogen-bond donors (Lipinski definition) is 2. The third-order valence-electron chi connectivity index (χ3n) is 7.33. The highest BCUT2D eigenvalue weighted by molar-refractivity contribution is 6.29. The van der Waals surface area contributed by atoms with E-state index in [1.165, 1.54) is 12.4 Å². The maximum atomic E-state index is 13.6. The van der Waals surface area contributed by atoms with Crippen molar-refractivity contribution < 1.29 is 14.6 Å². The first kappa shape index (κ1) is 27.3. The number of aryl methyl sites for hydroxylation is 1. The second-order valence-corrected chi connectivity index (χ2v) is 10.3. The molecule has 0 unspecified atom stereocenters. The summed E-state index contributed by atoms with van der Waals surface area (Å²) < 4.78 is 7.09. The Morgan fingerprint density at radius 1 is 1.23 bits per heavy atom. The van der Waals surface area contributed by atoms with Gasteiger partial charge in [0.1, 0.15) is 17.3 Å². The molecule has 1 aromatic carbocycles. The molecule has 1 atom stereocenters. The van der Waals surface area contributed by atoms with Gasteiger partial charge in [-0.2, -0.15) is 0 Å². The lowest BCUT2D eigenvalue weighted by atomic mass is 9.94. The van der Waals surface area contributed by atoms with Crippen molar-refractivity contribution in [3.8, 4) is 5.75 Å². The predicted molar refractivity (Wildman–Crippen MR) is 153 cm³/mol. The number of piperidine rings is 1. The van der Waals surface area contributed by atoms with E-state index in [1.807, 2.05) is 26.0 Å². The Kier molecular flexibility index (Phi) is 7.57. The molecule has 1 aliphatic heterocycles. The van der Waals surface area contributed by atoms with E-state index in [0.717, 1.165) is 48.7 Å². The van der Waals surface area contributed by atoms with Gasteiger partial charge in [0, 0.05) is 31.6 Å². The number of methoxy groups -OCH3 is 1. The summed E-state index contributed by atoms with van der Waals surface area (Å²) >= 11 is 5.93. The number of aromatic nitrogens is 5. The highest BCUT2D eigenvalue weighted by Crippen LogP contribution is 2.34. The van der Waals surface area contributed by atoms with E-state index >= 15 is 0 Å². The van der Waals surface area contributed by atoms with Crippen LogP contribution in [0.4, 0.5) is 11.5 Å². The molecule has 1 fully saturated rings. The van der Waals surface area contributed by atoms with Gasteiger partial charge in [-0.1, -0.05) is 17.7 Å². The number of nitrogens with zero attached hydrogens (tertiary/aromatic N) is 6. The van der Waals surface area contributed by atoms with Crippen molar-refractivity contribution >= 4 is 40.0 Å². The minimum Gasteiger partial charge on any atom is -0.491 e. The number of rotatable bonds is 7. The zero-order valence-corrected chi connectivity index (χ0v) is 23.4. The van der Waals surface area contributed by atoms with Crippen LogP contribution < -0.4 is 20.5 Å². The summed E-state index contributed by atoms with van der Waals surface area (Å²) in [5, 5.41) is 13.5. The zero-order chi connectivity index (χ0) is 28.6. The lowest BCUT2D eigenvalue weighted by molar-refractivity contribution is 0.0691. The number of carboxylic acids is 1. The van der Waals surface area contributed by atoms with Crippen molar-refractivity contribution in [3.05, 3.63) is 74.9 Å². The molecule has 0 bridgehead atoms. The van der Waals surface area contributed by atoms with Crippen LogP contribution in [-0.2, 0) is 7.05 Å². The average Bonchev–Trinajstić information content (AvgIpc) is 2.95. The first-order valence-corrected chi connectivity index (χ1v) is 13.3. The van der Waals surface area contributed by atoms with E-state index < -0.39 is 5.97 Å². The van der Waals surface area contributed by atoms with E-state index in [0.29, 0.717) is 22.3 Å². The largest absolute Gasteiger partial charge is 0.491 e. The molecular formula is C28H30ClN7O4. The van der Waals surface area contributed by atoms with Crippen LogP contribution in [0.1, 0.15) is 59.2 Å². The van der Waals surface area contributed by atoms with Crippen LogP contribution >= 0.6 is 11.6 Å². The Morgan fingerprint density at radius 2 is 1.98 bits per heavy atom. The lowest BCUT2D eigenvalue weighted by Gasteiger charge is -2.33. The molecular weight excluding hydrogens is 534 g/mol. The summed E-state index contributed by atoms with van der Waals surface area (Å²) in [6, 6.07) is 6.58. The fourth-order valence-corrected chi connectivity index (χ4v) is 5.48. The molecule has 0 amide bonds. The summed E-state index contributed by atoms with van der Waals surface area (Å²) in [4.78, 5) is 45.0. The van der Waals surface area contributed by atoms with Gasteiger partial charge < -0.3 is 20.1 Å². The molecule has 4 heterocycles. The van der Waals surface area contributed by atoms with Gasteiger partial charge in [0.2, 0.25) is 0 Å². The number of hydrogen-bond acceptors (Lipinski definition) is 9. The number of carboxylic acid groups (broad SMARTS) is 1. The number of fused-ring (bicyclic) bond motifs is 1. The van der Waals surface area contributed by atoms with Crippen LogP contribution in [0.15, 0.2) is 41.6 Å². The first-order valence-electron chi connectivity index (χ1n) is 12.9. The van der Waals surface area contributed by atoms with Gasteiger partial charge in [0.25, 0.3) is 5.56 Å². The highest BCUT2D eigenvalue weighted by atomic mass is 35.5. The molecule has 1 aliphatic rings. The number of anilines is 2. The molecule has 4 aromatic rings. The quantitative estimate of drug-likeness (QED) is 0.312. The third-order valence-corrected chi connectivity index (χ3v) is 7.54. The highest BCUT2D eigenvalue weighted by Gasteiger charge is 2.28. The molecule has 2 N–H and O–H groups in total. The Hall–Kier alpha value is -4.25. The van der Waals surface area contributed by atoms with Gasteiger partial charge >= 0.3 is 5.97 Å². The molecule has 0 spiro atoms. The molecule has 208 valence electrons. The number of benzene rings is 1. The summed E-state index contributed by atoms with van der Waals surface area (Å²) in [5.74, 6) is 0.990. The fraction of sp³-hybridized carbons (Fsp3) is 0.357. The van der Waals surface area contributed by atoms with E-state index in [1.54, 1.807) is 31.0 Å². The monoisotopic (exact) mass is 563 g/mol. The van der Waals surface area contributed by atoms with Gasteiger partial charge in [-0.05, 0) is 50.5 Å². The van der Waals surface area contributed by atoms with E-state index in [4.69, 9.17) is 21.3 Å². The molecule has 0 saturated carbocycles. The topological polar surface area (TPSA) is 135 Å². The van der Waals surface area contributed by atoms with Crippen molar-refractivity contribution in [2.45, 2.75) is 38.6 Å². The minimum absolute atomic E-state index is 0.0719. The van der Waals surface area contributed by atoms with Gasteiger partial charge in [0.15, 0.2) is 17.3 Å². The number of ether oxygens (including phenoxy) is 1. The SMILES string of the molecule is COc1cncnc1N1CCC(c2nc3c([C@@H](C)Nc4ccc(Cl)nc4C(=O)O)cc(C)cc3c(=O)n2C)CC1. The second kappa shape index (κ2) is 11.1. The van der Waals surface area contributed by atoms with Crippen molar-refractivity contribution in [2.75, 3.05) is 30.4 Å². The Balaban J connectivity index is 1.49. The summed E-state index contributed by atoms with van der Waals surface area (Å²) in [6.07, 6.45) is 4.73. The number of nitrogens with one attached hydrogen (secondary N) is 1. The molecule has 3 aromatic heterocycles. The van der Waals surface area contributed by atoms with Crippen LogP contribution in [0.25, 0.3) is 10.9 Å². The van der Waals surface area contributed by atoms with Crippen LogP contribution in [0.3, 0.4) is 0 Å². The van der Waals surface area contributed by atoms with Gasteiger partial charge in [-0.25, -0.2) is 24.7 Å². The van der Waals surface area contributed by atoms with Crippen molar-refractivity contribution in [1.82, 2.24) is 24.5 Å². The maximum absolute atomic E-state index is 13.6. The summed E-state index contributed by atoms with van der Waals surface area (Å²) in [5.41, 5.74) is 2.34. The van der Waals surface area contributed by atoms with Gasteiger partial charge in [-0.3, -0.25) is 9.36 Å². The Bertz CT molecular complexity index is 1650. The average molecular weight is 564 g/mol. The predicted octanol–water partition coefficient (Wildman–Crippen LogP) is 4.34. The lowest BCUT2D eigenvalue weighted by Crippen LogP contribution is -2.36. The minimum atomic E-state index is -1.19. The standard InChI is InChI=1S/C28H30ClN7O4/c1-15-11-18(16(2)32-20-5-6-22(29)33-24(20)28(38)39)23-19(12-15)27(37)35(3)25(34-23)17-7-9-36(10-8-17)26-21(40-4)13-30-14-31-26/h5-6,11-14,16-17,32H,7-10H2,1-4H3,(H,38,39)/t16-/m1/s1. The van der Waals surface area contributed by atoms with Crippen LogP contribution in [0.5, 0.6) is 5.75 Å². The second-order valence-electron chi connectivity index (χ2n) is 9.96. The molecule has 1 saturated heterocycles. The van der Waals surface area contributed by atoms with Crippen LogP contribution in [-0.4, -0.2) is 55.8 Å². The maximum Gasteiger partial charge on any atom is 0.356 e. The number of pyridine rings is 1. The van der Waals surface area contributed by atoms with Crippen molar-refractivity contribution in [1.29, 1.82) is 0 Å². The van der Waals surface area contributed by atoms with Gasteiger partial charge in [0.05, 0.1) is 35.9 Å². The van der Waals surface area contributed by atoms with E-state index in [2.05, 4.69) is 25.2 Å². The molecule has 0 aliphatic carbocycles. The molecule has 5 rings (SSSR count). The Morgan fingerprint density at radius 3 is 2.67 bits per heavy atom. The summed E-state index contributed by atoms with van der Waals surface area (Å²) in [7, 11) is 3.37. The Labute approximate surface area is 235 Å². The number of aromatic carboxylic acids is 1. The van der Waals surface area contributed by atoms with E-state index in [9.17, 15) is 14.7 Å². The fourth-order valence-electron chi connectivity index (χ4n) is 5.33. The molecule has 0 radical (unpaired) electrons. The smallest absolute Gasteiger partial charge is 0.356 e. The van der Waals surface area contributed by atoms with Crippen molar-refractivity contribution in [2.24, 2.45) is 7.05 Å². The van der Waals surface area contributed by atoms with Crippen LogP contribution in [0, 0.1) is 6.92 Å². The van der Waals surface area contributed by atoms with Crippen LogP contribution in [0.2, 0.25) is 5.15 Å². The van der Waals surface area contributed by atoms with Gasteiger partial charge in [-0.15, -0.1) is 0 Å². The third kappa shape index (κ3) is 5.16. The van der Waals surface area contributed by atoms with Crippen molar-refractivity contribution in [3.63, 3.8) is 0 Å². The normalized spacial score (nSPS) is 14.8. The van der Waals surface area contributed by atoms with E-state index in [-0.39, 0.29) is 28.4 Å². The molecule has 40 heavy (non-hydrogen) atoms. The summed E-state index contributed by atoms with van der Waals surface area (Å²) in [6.45, 7) is 5.28. The molecule has 12 heteroatoms. The zero-order valence-electron chi connectivity index (χ0n) is 22.7. The number of halogens is 1. The first-order chi connectivity index (χ1) is 19.2. The molecule has 11 nitrogen and oxygen atoms in total. The number of carbonyl (C=O) groups is 1.